The molecule has 1 heterocycles. The first-order valence-electron chi connectivity index (χ1n) is 6.92. The van der Waals surface area contributed by atoms with Crippen molar-refractivity contribution in [1.29, 1.82) is 0 Å². The molecule has 0 unspecified atom stereocenters. The number of amides is 1. The van der Waals surface area contributed by atoms with Crippen LogP contribution in [0.25, 0.3) is 0 Å². The summed E-state index contributed by atoms with van der Waals surface area (Å²) in [6.07, 6.45) is 1.32. The molecule has 102 valence electrons. The van der Waals surface area contributed by atoms with Crippen molar-refractivity contribution >= 4 is 11.6 Å². The van der Waals surface area contributed by atoms with Gasteiger partial charge in [-0.2, -0.15) is 0 Å². The Morgan fingerprint density at radius 2 is 1.75 bits per heavy atom. The molecule has 0 bridgehead atoms. The lowest BCUT2D eigenvalue weighted by Gasteiger charge is -2.29. The number of rotatable bonds is 2. The van der Waals surface area contributed by atoms with E-state index >= 15 is 0 Å². The van der Waals surface area contributed by atoms with Crippen molar-refractivity contribution < 1.29 is 4.79 Å². The van der Waals surface area contributed by atoms with Crippen LogP contribution in [0.2, 0.25) is 0 Å². The van der Waals surface area contributed by atoms with Gasteiger partial charge in [0.05, 0.1) is 6.42 Å². The number of nitrogens with zero attached hydrogens (tertiary/aromatic N) is 1. The smallest absolute Gasteiger partial charge is 0.227 e. The van der Waals surface area contributed by atoms with E-state index in [-0.39, 0.29) is 5.91 Å². The van der Waals surface area contributed by atoms with E-state index in [1.54, 1.807) is 0 Å². The highest BCUT2D eigenvalue weighted by Gasteiger charge is 2.20. The molecular weight excluding hydrogens is 248 g/mol. The summed E-state index contributed by atoms with van der Waals surface area (Å²) in [5.41, 5.74) is 10.1. The fourth-order valence-corrected chi connectivity index (χ4v) is 2.68. The molecular formula is C17H18N2O. The Balaban J connectivity index is 1.72. The minimum absolute atomic E-state index is 0.150. The standard InChI is InChI=1S/C17H18N2O/c18-16-8-4-3-6-14(16)11-17(20)19-10-9-13-5-1-2-7-15(13)12-19/h1-8H,9-12,18H2. The van der Waals surface area contributed by atoms with Crippen LogP contribution in [0, 0.1) is 0 Å². The first-order chi connectivity index (χ1) is 9.74. The summed E-state index contributed by atoms with van der Waals surface area (Å²) in [7, 11) is 0. The SMILES string of the molecule is Nc1ccccc1CC(=O)N1CCc2ccccc2C1. The maximum absolute atomic E-state index is 12.4. The van der Waals surface area contributed by atoms with Crippen molar-refractivity contribution in [3.63, 3.8) is 0 Å². The number of hydrogen-bond donors (Lipinski definition) is 1. The van der Waals surface area contributed by atoms with Gasteiger partial charge in [-0.25, -0.2) is 0 Å². The fourth-order valence-electron chi connectivity index (χ4n) is 2.68. The van der Waals surface area contributed by atoms with Gasteiger partial charge in [0, 0.05) is 18.8 Å². The minimum Gasteiger partial charge on any atom is -0.398 e. The second kappa shape index (κ2) is 5.37. The summed E-state index contributed by atoms with van der Waals surface area (Å²) in [4.78, 5) is 14.3. The molecule has 0 saturated carbocycles. The van der Waals surface area contributed by atoms with Crippen molar-refractivity contribution in [1.82, 2.24) is 4.90 Å². The van der Waals surface area contributed by atoms with Crippen molar-refractivity contribution in [2.75, 3.05) is 12.3 Å². The number of anilines is 1. The van der Waals surface area contributed by atoms with Crippen LogP contribution in [-0.2, 0) is 24.2 Å². The van der Waals surface area contributed by atoms with Crippen LogP contribution in [0.3, 0.4) is 0 Å². The van der Waals surface area contributed by atoms with E-state index in [9.17, 15) is 4.79 Å². The van der Waals surface area contributed by atoms with Gasteiger partial charge in [-0.3, -0.25) is 4.79 Å². The van der Waals surface area contributed by atoms with Crippen molar-refractivity contribution in [3.8, 4) is 0 Å². The molecule has 1 aliphatic heterocycles. The molecule has 3 rings (SSSR count). The molecule has 2 N–H and O–H groups in total. The maximum atomic E-state index is 12.4. The Labute approximate surface area is 119 Å². The molecule has 3 nitrogen and oxygen atoms in total. The molecule has 0 saturated heterocycles. The molecule has 2 aromatic carbocycles. The predicted octanol–water partition coefficient (Wildman–Crippen LogP) is 2.40. The van der Waals surface area contributed by atoms with Crippen LogP contribution in [-0.4, -0.2) is 17.4 Å². The lowest BCUT2D eigenvalue weighted by Crippen LogP contribution is -2.36. The van der Waals surface area contributed by atoms with E-state index in [0.717, 1.165) is 18.5 Å². The number of carbonyl (C=O) groups excluding carboxylic acids is 1. The van der Waals surface area contributed by atoms with E-state index in [2.05, 4.69) is 18.2 Å². The Kier molecular flexibility index (Phi) is 3.42. The lowest BCUT2D eigenvalue weighted by atomic mass is 9.99. The van der Waals surface area contributed by atoms with E-state index < -0.39 is 0 Å². The van der Waals surface area contributed by atoms with E-state index in [1.807, 2.05) is 35.2 Å². The molecule has 20 heavy (non-hydrogen) atoms. The first-order valence-corrected chi connectivity index (χ1v) is 6.92. The topological polar surface area (TPSA) is 46.3 Å². The average Bonchev–Trinajstić information content (AvgIpc) is 2.49. The largest absolute Gasteiger partial charge is 0.398 e. The Bertz CT molecular complexity index is 636. The van der Waals surface area contributed by atoms with E-state index in [0.29, 0.717) is 18.7 Å². The third kappa shape index (κ3) is 2.52. The molecule has 0 aliphatic carbocycles. The number of hydrogen-bond acceptors (Lipinski definition) is 2. The third-order valence-corrected chi connectivity index (χ3v) is 3.88. The summed E-state index contributed by atoms with van der Waals surface area (Å²) in [6.45, 7) is 1.50. The Hall–Kier alpha value is -2.29. The molecule has 1 amide bonds. The predicted molar refractivity (Wildman–Crippen MR) is 80.1 cm³/mol. The van der Waals surface area contributed by atoms with Crippen molar-refractivity contribution in [3.05, 3.63) is 65.2 Å². The monoisotopic (exact) mass is 266 g/mol. The van der Waals surface area contributed by atoms with Crippen LogP contribution >= 0.6 is 0 Å². The maximum Gasteiger partial charge on any atom is 0.227 e. The van der Waals surface area contributed by atoms with Gasteiger partial charge in [0.25, 0.3) is 0 Å². The van der Waals surface area contributed by atoms with Gasteiger partial charge in [-0.1, -0.05) is 42.5 Å². The lowest BCUT2D eigenvalue weighted by molar-refractivity contribution is -0.131. The molecule has 0 spiro atoms. The molecule has 3 heteroatoms. The number of nitrogens with two attached hydrogens (primary N) is 1. The third-order valence-electron chi connectivity index (χ3n) is 3.88. The average molecular weight is 266 g/mol. The number of benzene rings is 2. The van der Waals surface area contributed by atoms with Crippen LogP contribution in [0.1, 0.15) is 16.7 Å². The molecule has 0 aromatic heterocycles. The fraction of sp³-hybridized carbons (Fsp3) is 0.235. The first kappa shape index (κ1) is 12.7. The van der Waals surface area contributed by atoms with Gasteiger partial charge in [-0.05, 0) is 29.2 Å². The highest BCUT2D eigenvalue weighted by molar-refractivity contribution is 5.80. The summed E-state index contributed by atoms with van der Waals surface area (Å²) in [5, 5.41) is 0. The quantitative estimate of drug-likeness (QED) is 0.848. The zero-order valence-electron chi connectivity index (χ0n) is 11.4. The van der Waals surface area contributed by atoms with Gasteiger partial charge < -0.3 is 10.6 Å². The van der Waals surface area contributed by atoms with E-state index in [1.165, 1.54) is 11.1 Å². The van der Waals surface area contributed by atoms with Gasteiger partial charge in [0.2, 0.25) is 5.91 Å². The number of fused-ring (bicyclic) bond motifs is 1. The van der Waals surface area contributed by atoms with Crippen LogP contribution < -0.4 is 5.73 Å². The molecule has 1 aliphatic rings. The van der Waals surface area contributed by atoms with Crippen molar-refractivity contribution in [2.24, 2.45) is 0 Å². The van der Waals surface area contributed by atoms with Crippen LogP contribution in [0.15, 0.2) is 48.5 Å². The van der Waals surface area contributed by atoms with Gasteiger partial charge in [0.1, 0.15) is 0 Å². The van der Waals surface area contributed by atoms with Crippen LogP contribution in [0.5, 0.6) is 0 Å². The van der Waals surface area contributed by atoms with Gasteiger partial charge in [0.15, 0.2) is 0 Å². The Morgan fingerprint density at radius 1 is 1.05 bits per heavy atom. The minimum atomic E-state index is 0.150. The summed E-state index contributed by atoms with van der Waals surface area (Å²) in [5.74, 6) is 0.150. The molecule has 0 fully saturated rings. The van der Waals surface area contributed by atoms with E-state index in [4.69, 9.17) is 5.73 Å². The molecule has 2 aromatic rings. The highest BCUT2D eigenvalue weighted by atomic mass is 16.2. The number of nitrogen functional groups attached to an aromatic ring is 1. The summed E-state index contributed by atoms with van der Waals surface area (Å²) in [6, 6.07) is 15.9. The normalized spacial score (nSPS) is 13.9. The van der Waals surface area contributed by atoms with Gasteiger partial charge >= 0.3 is 0 Å². The summed E-state index contributed by atoms with van der Waals surface area (Å²) >= 11 is 0. The molecule has 0 radical (unpaired) electrons. The van der Waals surface area contributed by atoms with Crippen molar-refractivity contribution in [2.45, 2.75) is 19.4 Å². The van der Waals surface area contributed by atoms with Crippen LogP contribution in [0.4, 0.5) is 5.69 Å². The second-order valence-electron chi connectivity index (χ2n) is 5.21. The molecule has 0 atom stereocenters. The zero-order valence-corrected chi connectivity index (χ0v) is 11.4. The number of carbonyl (C=O) groups is 1. The Morgan fingerprint density at radius 3 is 2.55 bits per heavy atom. The highest BCUT2D eigenvalue weighted by Crippen LogP contribution is 2.20. The second-order valence-corrected chi connectivity index (χ2v) is 5.21. The summed E-state index contributed by atoms with van der Waals surface area (Å²) < 4.78 is 0. The van der Waals surface area contributed by atoms with Gasteiger partial charge in [-0.15, -0.1) is 0 Å². The number of para-hydroxylation sites is 1. The zero-order chi connectivity index (χ0) is 13.9.